The highest BCUT2D eigenvalue weighted by Crippen LogP contribution is 2.44. The Hall–Kier alpha value is -10.8. The summed E-state index contributed by atoms with van der Waals surface area (Å²) < 4.78 is 4.72. The molecule has 3 heterocycles. The van der Waals surface area contributed by atoms with Crippen LogP contribution in [0.3, 0.4) is 0 Å². The molecule has 0 aliphatic heterocycles. The van der Waals surface area contributed by atoms with Gasteiger partial charge in [-0.05, 0) is 145 Å². The van der Waals surface area contributed by atoms with Crippen molar-refractivity contribution in [3.8, 4) is 45.0 Å². The number of rotatable bonds is 11. The molecule has 0 atom stereocenters. The maximum atomic E-state index is 5.53. The van der Waals surface area contributed by atoms with E-state index in [4.69, 9.17) is 9.97 Å². The molecule has 0 unspecified atom stereocenters. The summed E-state index contributed by atoms with van der Waals surface area (Å²) in [4.78, 5) is 15.7. The molecule has 0 aliphatic rings. The molecule has 0 radical (unpaired) electrons. The number of benzene rings is 12. The number of para-hydroxylation sites is 6. The molecule has 0 N–H and O–H groups in total. The molecule has 0 fully saturated rings. The van der Waals surface area contributed by atoms with Gasteiger partial charge in [-0.2, -0.15) is 0 Å². The Morgan fingerprint density at radius 3 is 1.04 bits per heavy atom. The van der Waals surface area contributed by atoms with Crippen LogP contribution in [0.5, 0.6) is 0 Å². The van der Waals surface area contributed by atoms with Gasteiger partial charge in [0.05, 0.1) is 44.5 Å². The maximum Gasteiger partial charge on any atom is 0.0973 e. The third-order valence-corrected chi connectivity index (χ3v) is 15.5. The summed E-state index contributed by atoms with van der Waals surface area (Å²) in [5, 5.41) is 4.80. The largest absolute Gasteiger partial charge is 0.310 e. The first kappa shape index (κ1) is 46.5. The monoisotopic (exact) mass is 1020 g/mol. The fourth-order valence-corrected chi connectivity index (χ4v) is 11.8. The lowest BCUT2D eigenvalue weighted by atomic mass is 10.0. The molecule has 6 nitrogen and oxygen atoms in total. The van der Waals surface area contributed by atoms with Crippen LogP contribution in [0.2, 0.25) is 0 Å². The van der Waals surface area contributed by atoms with Crippen LogP contribution in [0.1, 0.15) is 0 Å². The van der Waals surface area contributed by atoms with Crippen molar-refractivity contribution < 1.29 is 0 Å². The normalized spacial score (nSPS) is 11.5. The predicted molar refractivity (Wildman–Crippen MR) is 334 cm³/mol. The number of nitrogens with zero attached hydrogens (tertiary/aromatic N) is 6. The van der Waals surface area contributed by atoms with Crippen LogP contribution in [0.4, 0.5) is 34.1 Å². The summed E-state index contributed by atoms with van der Waals surface area (Å²) in [6.45, 7) is 0. The molecular formula is C74H50N6. The lowest BCUT2D eigenvalue weighted by Crippen LogP contribution is -2.10. The van der Waals surface area contributed by atoms with Crippen molar-refractivity contribution in [2.75, 3.05) is 9.80 Å². The summed E-state index contributed by atoms with van der Waals surface area (Å²) in [5.41, 5.74) is 20.7. The van der Waals surface area contributed by atoms with Gasteiger partial charge >= 0.3 is 0 Å². The van der Waals surface area contributed by atoms with Gasteiger partial charge in [-0.3, -0.25) is 0 Å². The van der Waals surface area contributed by atoms with Gasteiger partial charge in [-0.15, -0.1) is 0 Å². The average Bonchev–Trinajstić information content (AvgIpc) is 4.20. The van der Waals surface area contributed by atoms with Crippen LogP contribution >= 0.6 is 0 Å². The Bertz CT molecular complexity index is 4730. The average molecular weight is 1020 g/mol. The molecule has 0 bridgehead atoms. The van der Waals surface area contributed by atoms with Crippen LogP contribution < -0.4 is 9.80 Å². The van der Waals surface area contributed by atoms with E-state index >= 15 is 0 Å². The Morgan fingerprint density at radius 2 is 0.575 bits per heavy atom. The van der Waals surface area contributed by atoms with Gasteiger partial charge in [0.15, 0.2) is 0 Å². The van der Waals surface area contributed by atoms with Crippen LogP contribution in [-0.4, -0.2) is 19.1 Å². The molecule has 15 aromatic rings. The molecule has 0 saturated heterocycles. The SMILES string of the molecule is c1ccc(-c2ccc3nc(-c4ccc(N(c5ccccc5)c5ccc6c(c5)c5ccccc5n6-c5ccccc5)cc4)c(-c4ccc(N(c5ccccc5)c5ccc6c(c5)c5ccccc5n6-c5ccccc5)cc4)nc3c2)cc1. The van der Waals surface area contributed by atoms with Crippen molar-refractivity contribution in [1.29, 1.82) is 0 Å². The Kier molecular flexibility index (Phi) is 11.4. The molecule has 376 valence electrons. The Balaban J connectivity index is 0.844. The van der Waals surface area contributed by atoms with Gasteiger partial charge in [0.1, 0.15) is 0 Å². The van der Waals surface area contributed by atoms with Gasteiger partial charge in [0.25, 0.3) is 0 Å². The van der Waals surface area contributed by atoms with E-state index in [0.29, 0.717) is 0 Å². The zero-order valence-corrected chi connectivity index (χ0v) is 43.6. The second kappa shape index (κ2) is 19.6. The minimum absolute atomic E-state index is 0.809. The molecule has 0 saturated carbocycles. The Labute approximate surface area is 463 Å². The fourth-order valence-electron chi connectivity index (χ4n) is 11.8. The molecular weight excluding hydrogens is 973 g/mol. The van der Waals surface area contributed by atoms with Crippen molar-refractivity contribution in [1.82, 2.24) is 19.1 Å². The van der Waals surface area contributed by atoms with Gasteiger partial charge in [0, 0.05) is 78.2 Å². The zero-order valence-electron chi connectivity index (χ0n) is 43.6. The van der Waals surface area contributed by atoms with E-state index in [9.17, 15) is 0 Å². The van der Waals surface area contributed by atoms with Gasteiger partial charge in [-0.25, -0.2) is 9.97 Å². The van der Waals surface area contributed by atoms with Crippen LogP contribution in [0, 0.1) is 0 Å². The van der Waals surface area contributed by atoms with Crippen LogP contribution in [0.25, 0.3) is 99.7 Å². The standard InChI is InChI=1S/C74H50N6/c1-6-20-51(21-7-1)54-38-45-67-68(48-54)76-74(53-36-41-60(42-37-53)78(56-24-10-3-11-25-56)62-44-47-72-66(50-62)64-31-17-19-33-70(64)80(72)58-28-14-5-15-29-58)73(75-67)52-34-39-59(40-35-52)77(55-22-8-2-9-23-55)61-43-46-71-65(49-61)63-30-16-18-32-69(63)79(71)57-26-12-4-13-27-57/h1-50H. The van der Waals surface area contributed by atoms with Crippen molar-refractivity contribution in [2.24, 2.45) is 0 Å². The molecule has 0 spiro atoms. The lowest BCUT2D eigenvalue weighted by Gasteiger charge is -2.26. The van der Waals surface area contributed by atoms with E-state index in [2.05, 4.69) is 322 Å². The van der Waals surface area contributed by atoms with Crippen molar-refractivity contribution in [2.45, 2.75) is 0 Å². The van der Waals surface area contributed by atoms with E-state index in [1.807, 2.05) is 0 Å². The van der Waals surface area contributed by atoms with Gasteiger partial charge < -0.3 is 18.9 Å². The number of aromatic nitrogens is 4. The topological polar surface area (TPSA) is 42.1 Å². The predicted octanol–water partition coefficient (Wildman–Crippen LogP) is 19.8. The van der Waals surface area contributed by atoms with E-state index < -0.39 is 0 Å². The number of fused-ring (bicyclic) bond motifs is 7. The third-order valence-electron chi connectivity index (χ3n) is 15.5. The van der Waals surface area contributed by atoms with Crippen molar-refractivity contribution in [3.05, 3.63) is 303 Å². The first-order valence-electron chi connectivity index (χ1n) is 27.1. The van der Waals surface area contributed by atoms with Crippen LogP contribution in [-0.2, 0) is 0 Å². The smallest absolute Gasteiger partial charge is 0.0973 e. The maximum absolute atomic E-state index is 5.53. The van der Waals surface area contributed by atoms with E-state index in [1.54, 1.807) is 0 Å². The van der Waals surface area contributed by atoms with Crippen molar-refractivity contribution in [3.63, 3.8) is 0 Å². The molecule has 0 amide bonds. The number of anilines is 6. The van der Waals surface area contributed by atoms with E-state index in [-0.39, 0.29) is 0 Å². The molecule has 12 aromatic carbocycles. The highest BCUT2D eigenvalue weighted by atomic mass is 15.1. The summed E-state index contributed by atoms with van der Waals surface area (Å²) in [7, 11) is 0. The molecule has 0 aliphatic carbocycles. The van der Waals surface area contributed by atoms with E-state index in [1.165, 1.54) is 32.6 Å². The van der Waals surface area contributed by atoms with E-state index in [0.717, 1.165) is 101 Å². The second-order valence-electron chi connectivity index (χ2n) is 20.2. The third kappa shape index (κ3) is 8.14. The summed E-state index contributed by atoms with van der Waals surface area (Å²) >= 11 is 0. The highest BCUT2D eigenvalue weighted by Gasteiger charge is 2.22. The minimum atomic E-state index is 0.809. The number of hydrogen-bond acceptors (Lipinski definition) is 4. The zero-order chi connectivity index (χ0) is 52.9. The minimum Gasteiger partial charge on any atom is -0.310 e. The summed E-state index contributed by atoms with van der Waals surface area (Å²) in [5.74, 6) is 0. The fraction of sp³-hybridized carbons (Fsp3) is 0. The summed E-state index contributed by atoms with van der Waals surface area (Å²) in [6.07, 6.45) is 0. The van der Waals surface area contributed by atoms with Crippen LogP contribution in [0.15, 0.2) is 303 Å². The van der Waals surface area contributed by atoms with Gasteiger partial charge in [0.2, 0.25) is 0 Å². The highest BCUT2D eigenvalue weighted by molar-refractivity contribution is 6.12. The first-order valence-corrected chi connectivity index (χ1v) is 27.1. The first-order chi connectivity index (χ1) is 39.7. The molecule has 6 heteroatoms. The quantitative estimate of drug-likeness (QED) is 0.129. The molecule has 3 aromatic heterocycles. The number of hydrogen-bond donors (Lipinski definition) is 0. The molecule has 15 rings (SSSR count). The molecule has 80 heavy (non-hydrogen) atoms. The second-order valence-corrected chi connectivity index (χ2v) is 20.2. The van der Waals surface area contributed by atoms with Gasteiger partial charge in [-0.1, -0.05) is 170 Å². The van der Waals surface area contributed by atoms with Crippen molar-refractivity contribution >= 4 is 88.8 Å². The summed E-state index contributed by atoms with van der Waals surface area (Å²) in [6, 6.07) is 108. The Morgan fingerprint density at radius 1 is 0.225 bits per heavy atom. The lowest BCUT2D eigenvalue weighted by molar-refractivity contribution is 1.18.